The van der Waals surface area contributed by atoms with Gasteiger partial charge in [-0.05, 0) is 36.8 Å². The largest absolute Gasteiger partial charge is 0.495 e. The van der Waals surface area contributed by atoms with Crippen LogP contribution in [0.2, 0.25) is 0 Å². The second-order valence-corrected chi connectivity index (χ2v) is 8.77. The lowest BCUT2D eigenvalue weighted by Crippen LogP contribution is -2.85. The molecule has 0 bridgehead atoms. The normalized spacial score (nSPS) is 12.2. The molecule has 7 nitrogen and oxygen atoms in total. The van der Waals surface area contributed by atoms with Gasteiger partial charge >= 0.3 is 0 Å². The van der Waals surface area contributed by atoms with Crippen LogP contribution in [0.1, 0.15) is 22.7 Å². The molecule has 0 fully saturated rings. The summed E-state index contributed by atoms with van der Waals surface area (Å²) in [7, 11) is -2.18. The molecule has 5 N–H and O–H groups in total. The molecule has 0 heterocycles. The van der Waals surface area contributed by atoms with Crippen LogP contribution in [0.25, 0.3) is 0 Å². The number of hydrogen-bond donors (Lipinski definition) is 3. The number of carbonyl (C=O) groups is 1. The van der Waals surface area contributed by atoms with Gasteiger partial charge in [-0.25, -0.2) is 13.6 Å². The minimum atomic E-state index is -3.74. The Bertz CT molecular complexity index is 1150. The van der Waals surface area contributed by atoms with E-state index < -0.39 is 16.1 Å². The smallest absolute Gasteiger partial charge is 0.287 e. The molecule has 0 saturated carbocycles. The molecule has 1 unspecified atom stereocenters. The van der Waals surface area contributed by atoms with Gasteiger partial charge in [-0.2, -0.15) is 0 Å². The number of rotatable bonds is 8. The third-order valence-electron chi connectivity index (χ3n) is 4.90. The van der Waals surface area contributed by atoms with E-state index in [4.69, 9.17) is 9.88 Å². The Hall–Kier alpha value is -3.20. The number of benzene rings is 3. The number of methoxy groups -OCH3 is 1. The molecule has 0 aliphatic heterocycles. The topological polar surface area (TPSA) is 115 Å². The van der Waals surface area contributed by atoms with Crippen LogP contribution in [0.5, 0.6) is 5.75 Å². The van der Waals surface area contributed by atoms with Crippen molar-refractivity contribution in [3.8, 4) is 5.75 Å². The van der Waals surface area contributed by atoms with Gasteiger partial charge in [0.25, 0.3) is 5.91 Å². The van der Waals surface area contributed by atoms with Crippen molar-refractivity contribution in [3.63, 3.8) is 0 Å². The number of nitrogens with one attached hydrogen (secondary N) is 1. The van der Waals surface area contributed by atoms with E-state index in [1.54, 1.807) is 19.2 Å². The summed E-state index contributed by atoms with van der Waals surface area (Å²) in [5.41, 5.74) is 3.34. The molecule has 8 heteroatoms. The molecule has 0 saturated heterocycles. The van der Waals surface area contributed by atoms with Crippen molar-refractivity contribution in [2.24, 2.45) is 5.14 Å². The molecule has 0 aliphatic carbocycles. The fourth-order valence-electron chi connectivity index (χ4n) is 3.25. The number of anilines is 1. The number of amides is 1. The minimum Gasteiger partial charge on any atom is -0.495 e. The van der Waals surface area contributed by atoms with Crippen LogP contribution in [0, 0.1) is 6.92 Å². The summed E-state index contributed by atoms with van der Waals surface area (Å²) in [6, 6.07) is 20.9. The molecule has 0 radical (unpaired) electrons. The predicted molar refractivity (Wildman–Crippen MR) is 119 cm³/mol. The van der Waals surface area contributed by atoms with Crippen molar-refractivity contribution in [2.75, 3.05) is 12.4 Å². The van der Waals surface area contributed by atoms with E-state index >= 15 is 0 Å². The maximum Gasteiger partial charge on any atom is 0.287 e. The highest BCUT2D eigenvalue weighted by atomic mass is 32.2. The quantitative estimate of drug-likeness (QED) is 0.497. The van der Waals surface area contributed by atoms with Gasteiger partial charge in [-0.3, -0.25) is 4.79 Å². The second kappa shape index (κ2) is 9.74. The summed E-state index contributed by atoms with van der Waals surface area (Å²) in [6.45, 7) is 2.42. The van der Waals surface area contributed by atoms with Crippen LogP contribution in [0.4, 0.5) is 5.69 Å². The van der Waals surface area contributed by atoms with Gasteiger partial charge in [0.2, 0.25) is 10.0 Å². The zero-order valence-corrected chi connectivity index (χ0v) is 18.2. The Labute approximate surface area is 182 Å². The first kappa shape index (κ1) is 22.5. The van der Waals surface area contributed by atoms with Crippen LogP contribution >= 0.6 is 0 Å². The first-order valence-electron chi connectivity index (χ1n) is 9.73. The lowest BCUT2D eigenvalue weighted by molar-refractivity contribution is -0.697. The highest BCUT2D eigenvalue weighted by molar-refractivity contribution is 7.89. The Kier molecular flexibility index (Phi) is 7.06. The zero-order valence-electron chi connectivity index (χ0n) is 17.4. The van der Waals surface area contributed by atoms with Crippen LogP contribution in [0.15, 0.2) is 77.7 Å². The van der Waals surface area contributed by atoms with Crippen molar-refractivity contribution in [2.45, 2.75) is 24.4 Å². The summed E-state index contributed by atoms with van der Waals surface area (Å²) in [5, 5.41) is 10.0. The molecular weight excluding hydrogens is 414 g/mol. The highest BCUT2D eigenvalue weighted by Crippen LogP contribution is 2.26. The number of ether oxygens (including phenoxy) is 1. The molecular formula is C23H26N3O4S+. The Morgan fingerprint density at radius 1 is 1.06 bits per heavy atom. The summed E-state index contributed by atoms with van der Waals surface area (Å²) in [6.07, 6.45) is 0. The van der Waals surface area contributed by atoms with E-state index in [0.717, 1.165) is 16.7 Å². The number of sulfonamides is 1. The van der Waals surface area contributed by atoms with Crippen molar-refractivity contribution in [1.29, 1.82) is 0 Å². The summed E-state index contributed by atoms with van der Waals surface area (Å²) < 4.78 is 28.3. The Balaban J connectivity index is 1.81. The SMILES string of the molecule is COc1ccc(C)cc1NC(=O)C([NH2+]Cc1ccc(S(N)(=O)=O)cc1)c1ccccc1. The number of hydrogen-bond acceptors (Lipinski definition) is 4. The Morgan fingerprint density at radius 3 is 2.35 bits per heavy atom. The molecule has 1 amide bonds. The van der Waals surface area contributed by atoms with Crippen molar-refractivity contribution >= 4 is 21.6 Å². The van der Waals surface area contributed by atoms with Crippen LogP contribution in [-0.2, 0) is 21.4 Å². The summed E-state index contributed by atoms with van der Waals surface area (Å²) in [5.74, 6) is 0.403. The predicted octanol–water partition coefficient (Wildman–Crippen LogP) is 2.09. The molecule has 162 valence electrons. The van der Waals surface area contributed by atoms with Gasteiger partial charge in [0.15, 0.2) is 6.04 Å². The summed E-state index contributed by atoms with van der Waals surface area (Å²) >= 11 is 0. The first-order valence-corrected chi connectivity index (χ1v) is 11.3. The van der Waals surface area contributed by atoms with Crippen molar-refractivity contribution in [1.82, 2.24) is 0 Å². The van der Waals surface area contributed by atoms with Crippen LogP contribution in [0.3, 0.4) is 0 Å². The molecule has 3 aromatic carbocycles. The number of nitrogens with two attached hydrogens (primary N) is 2. The molecule has 0 spiro atoms. The summed E-state index contributed by atoms with van der Waals surface area (Å²) in [4.78, 5) is 13.3. The number of carbonyl (C=O) groups excluding carboxylic acids is 1. The van der Waals surface area contributed by atoms with Gasteiger partial charge in [-0.15, -0.1) is 0 Å². The molecule has 0 aromatic heterocycles. The van der Waals surface area contributed by atoms with Gasteiger partial charge in [0, 0.05) is 11.1 Å². The fraction of sp³-hybridized carbons (Fsp3) is 0.174. The van der Waals surface area contributed by atoms with Gasteiger partial charge < -0.3 is 15.4 Å². The number of primary sulfonamides is 1. The zero-order chi connectivity index (χ0) is 22.4. The maximum atomic E-state index is 13.2. The maximum absolute atomic E-state index is 13.2. The average molecular weight is 441 g/mol. The molecule has 0 aliphatic rings. The van der Waals surface area contributed by atoms with E-state index in [0.29, 0.717) is 18.0 Å². The molecule has 31 heavy (non-hydrogen) atoms. The monoisotopic (exact) mass is 440 g/mol. The van der Waals surface area contributed by atoms with Crippen molar-refractivity contribution in [3.05, 3.63) is 89.5 Å². The molecule has 1 atom stereocenters. The molecule has 3 rings (SSSR count). The van der Waals surface area contributed by atoms with Crippen LogP contribution < -0.4 is 20.5 Å². The van der Waals surface area contributed by atoms with Gasteiger partial charge in [-0.1, -0.05) is 48.5 Å². The van der Waals surface area contributed by atoms with Gasteiger partial charge in [0.05, 0.1) is 17.7 Å². The second-order valence-electron chi connectivity index (χ2n) is 7.21. The number of quaternary nitrogens is 1. The van der Waals surface area contributed by atoms with Gasteiger partial charge in [0.1, 0.15) is 12.3 Å². The van der Waals surface area contributed by atoms with E-state index in [1.807, 2.05) is 60.8 Å². The van der Waals surface area contributed by atoms with E-state index in [9.17, 15) is 13.2 Å². The third-order valence-corrected chi connectivity index (χ3v) is 5.82. The molecule has 3 aromatic rings. The average Bonchev–Trinajstić information content (AvgIpc) is 2.74. The van der Waals surface area contributed by atoms with Crippen LogP contribution in [-0.4, -0.2) is 21.4 Å². The number of aryl methyl sites for hydroxylation is 1. The lowest BCUT2D eigenvalue weighted by atomic mass is 10.1. The first-order chi connectivity index (χ1) is 14.8. The van der Waals surface area contributed by atoms with E-state index in [1.165, 1.54) is 12.1 Å². The van der Waals surface area contributed by atoms with Crippen molar-refractivity contribution < 1.29 is 23.3 Å². The third kappa shape index (κ3) is 5.91. The minimum absolute atomic E-state index is 0.0557. The highest BCUT2D eigenvalue weighted by Gasteiger charge is 2.25. The standard InChI is InChI=1S/C23H25N3O4S/c1-16-8-13-21(30-2)20(14-16)26-23(27)22(18-6-4-3-5-7-18)25-15-17-9-11-19(12-10-17)31(24,28)29/h3-14,22,25H,15H2,1-2H3,(H,26,27)(H2,24,28,29)/p+1. The fourth-order valence-corrected chi connectivity index (χ4v) is 3.77. The lowest BCUT2D eigenvalue weighted by Gasteiger charge is -2.17. The van der Waals surface area contributed by atoms with E-state index in [2.05, 4.69) is 5.32 Å². The Morgan fingerprint density at radius 2 is 1.74 bits per heavy atom. The van der Waals surface area contributed by atoms with E-state index in [-0.39, 0.29) is 10.8 Å².